The van der Waals surface area contributed by atoms with E-state index < -0.39 is 17.7 Å². The molecular formula is C19H33N3O4. The van der Waals surface area contributed by atoms with Crippen molar-refractivity contribution in [1.82, 2.24) is 15.1 Å². The van der Waals surface area contributed by atoms with Crippen molar-refractivity contribution >= 4 is 17.9 Å². The van der Waals surface area contributed by atoms with Gasteiger partial charge in [-0.2, -0.15) is 0 Å². The summed E-state index contributed by atoms with van der Waals surface area (Å²) in [5.74, 6) is 0.0198. The van der Waals surface area contributed by atoms with Gasteiger partial charge >= 0.3 is 6.09 Å². The molecule has 26 heavy (non-hydrogen) atoms. The number of hydrogen-bond donors (Lipinski definition) is 1. The molecule has 0 radical (unpaired) electrons. The SMILES string of the molecule is CC(C)NC(=O)C1CCN(C(=O)C2CCCN2C(=O)OC(C)(C)C)CC1. The van der Waals surface area contributed by atoms with Gasteiger partial charge in [0.2, 0.25) is 11.8 Å². The van der Waals surface area contributed by atoms with E-state index in [4.69, 9.17) is 4.74 Å². The van der Waals surface area contributed by atoms with Gasteiger partial charge in [0.05, 0.1) is 0 Å². The number of ether oxygens (including phenoxy) is 1. The summed E-state index contributed by atoms with van der Waals surface area (Å²) in [4.78, 5) is 40.8. The highest BCUT2D eigenvalue weighted by Gasteiger charge is 2.39. The second-order valence-corrected chi connectivity index (χ2v) is 8.59. The van der Waals surface area contributed by atoms with Crippen LogP contribution in [0.15, 0.2) is 0 Å². The standard InChI is InChI=1S/C19H33N3O4/c1-13(2)20-16(23)14-8-11-21(12-9-14)17(24)15-7-6-10-22(15)18(25)26-19(3,4)5/h13-15H,6-12H2,1-5H3,(H,20,23). The zero-order valence-electron chi connectivity index (χ0n) is 16.7. The first-order chi connectivity index (χ1) is 12.1. The highest BCUT2D eigenvalue weighted by atomic mass is 16.6. The van der Waals surface area contributed by atoms with Crippen LogP contribution in [0.5, 0.6) is 0 Å². The monoisotopic (exact) mass is 367 g/mol. The van der Waals surface area contributed by atoms with Gasteiger partial charge in [0.1, 0.15) is 11.6 Å². The average molecular weight is 367 g/mol. The van der Waals surface area contributed by atoms with Crippen LogP contribution in [-0.4, -0.2) is 65.0 Å². The van der Waals surface area contributed by atoms with Crippen molar-refractivity contribution in [3.8, 4) is 0 Å². The predicted molar refractivity (Wildman–Crippen MR) is 98.5 cm³/mol. The average Bonchev–Trinajstić information content (AvgIpc) is 3.01. The van der Waals surface area contributed by atoms with E-state index in [-0.39, 0.29) is 23.8 Å². The summed E-state index contributed by atoms with van der Waals surface area (Å²) in [6.45, 7) is 11.0. The Kier molecular flexibility index (Phi) is 6.53. The van der Waals surface area contributed by atoms with Gasteiger partial charge in [0, 0.05) is 31.6 Å². The maximum absolute atomic E-state index is 12.9. The second-order valence-electron chi connectivity index (χ2n) is 8.59. The molecular weight excluding hydrogens is 334 g/mol. The Morgan fingerprint density at radius 2 is 1.65 bits per heavy atom. The molecule has 0 aromatic heterocycles. The number of rotatable bonds is 3. The molecule has 0 aromatic carbocycles. The number of likely N-dealkylation sites (tertiary alicyclic amines) is 2. The molecule has 2 rings (SSSR count). The summed E-state index contributed by atoms with van der Waals surface area (Å²) < 4.78 is 5.44. The fourth-order valence-electron chi connectivity index (χ4n) is 3.54. The van der Waals surface area contributed by atoms with Crippen LogP contribution in [0.4, 0.5) is 4.79 Å². The van der Waals surface area contributed by atoms with E-state index in [1.54, 1.807) is 9.80 Å². The smallest absolute Gasteiger partial charge is 0.410 e. The summed E-state index contributed by atoms with van der Waals surface area (Å²) in [7, 11) is 0. The summed E-state index contributed by atoms with van der Waals surface area (Å²) in [5, 5.41) is 2.94. The van der Waals surface area contributed by atoms with Crippen molar-refractivity contribution in [2.45, 2.75) is 78.0 Å². The third-order valence-electron chi connectivity index (χ3n) is 4.77. The molecule has 1 atom stereocenters. The lowest BCUT2D eigenvalue weighted by molar-refractivity contribution is -0.139. The first kappa shape index (κ1) is 20.5. The molecule has 2 aliphatic rings. The molecule has 2 fully saturated rings. The van der Waals surface area contributed by atoms with Gasteiger partial charge in [0.25, 0.3) is 0 Å². The normalized spacial score (nSPS) is 21.8. The lowest BCUT2D eigenvalue weighted by Gasteiger charge is -2.35. The number of hydrogen-bond acceptors (Lipinski definition) is 4. The molecule has 148 valence electrons. The molecule has 7 heteroatoms. The minimum atomic E-state index is -0.574. The van der Waals surface area contributed by atoms with Crippen LogP contribution in [0, 0.1) is 5.92 Å². The number of piperidine rings is 1. The van der Waals surface area contributed by atoms with Crippen LogP contribution in [0.25, 0.3) is 0 Å². The van der Waals surface area contributed by atoms with Crippen molar-refractivity contribution in [1.29, 1.82) is 0 Å². The molecule has 0 bridgehead atoms. The van der Waals surface area contributed by atoms with E-state index >= 15 is 0 Å². The number of carbonyl (C=O) groups is 3. The summed E-state index contributed by atoms with van der Waals surface area (Å²) >= 11 is 0. The van der Waals surface area contributed by atoms with Gasteiger partial charge in [-0.05, 0) is 60.3 Å². The Labute approximate surface area is 156 Å². The van der Waals surface area contributed by atoms with E-state index in [9.17, 15) is 14.4 Å². The largest absolute Gasteiger partial charge is 0.444 e. The van der Waals surface area contributed by atoms with Crippen molar-refractivity contribution in [2.75, 3.05) is 19.6 Å². The molecule has 0 spiro atoms. The molecule has 1 unspecified atom stereocenters. The molecule has 2 aliphatic heterocycles. The van der Waals surface area contributed by atoms with Crippen molar-refractivity contribution < 1.29 is 19.1 Å². The summed E-state index contributed by atoms with van der Waals surface area (Å²) in [6, 6.07) is -0.311. The highest BCUT2D eigenvalue weighted by Crippen LogP contribution is 2.25. The van der Waals surface area contributed by atoms with Gasteiger partial charge in [-0.3, -0.25) is 14.5 Å². The van der Waals surface area contributed by atoms with E-state index in [0.29, 0.717) is 38.9 Å². The molecule has 0 saturated carbocycles. The predicted octanol–water partition coefficient (Wildman–Crippen LogP) is 2.15. The summed E-state index contributed by atoms with van der Waals surface area (Å²) in [5.41, 5.74) is -0.574. The molecule has 1 N–H and O–H groups in total. The molecule has 3 amide bonds. The van der Waals surface area contributed by atoms with Gasteiger partial charge in [-0.1, -0.05) is 0 Å². The zero-order valence-corrected chi connectivity index (χ0v) is 16.7. The fraction of sp³-hybridized carbons (Fsp3) is 0.842. The van der Waals surface area contributed by atoms with Gasteiger partial charge in [-0.15, -0.1) is 0 Å². The van der Waals surface area contributed by atoms with E-state index in [1.165, 1.54) is 0 Å². The Bertz CT molecular complexity index is 533. The quantitative estimate of drug-likeness (QED) is 0.829. The molecule has 2 saturated heterocycles. The van der Waals surface area contributed by atoms with Crippen LogP contribution in [-0.2, 0) is 14.3 Å². The number of nitrogens with zero attached hydrogens (tertiary/aromatic N) is 2. The number of amides is 3. The molecule has 2 heterocycles. The minimum absolute atomic E-state index is 0.0175. The van der Waals surface area contributed by atoms with E-state index in [2.05, 4.69) is 5.32 Å². The molecule has 0 aliphatic carbocycles. The maximum Gasteiger partial charge on any atom is 0.410 e. The molecule has 0 aromatic rings. The highest BCUT2D eigenvalue weighted by molar-refractivity contribution is 5.87. The Morgan fingerprint density at radius 3 is 2.19 bits per heavy atom. The third-order valence-corrected chi connectivity index (χ3v) is 4.77. The molecule has 7 nitrogen and oxygen atoms in total. The van der Waals surface area contributed by atoms with Crippen LogP contribution in [0.1, 0.15) is 60.3 Å². The van der Waals surface area contributed by atoms with Gasteiger partial charge in [-0.25, -0.2) is 4.79 Å². The van der Waals surface area contributed by atoms with Crippen LogP contribution >= 0.6 is 0 Å². The summed E-state index contributed by atoms with van der Waals surface area (Å²) in [6.07, 6.45) is 2.40. The second kappa shape index (κ2) is 8.27. The Hall–Kier alpha value is -1.79. The van der Waals surface area contributed by atoms with Crippen LogP contribution in [0.2, 0.25) is 0 Å². The lowest BCUT2D eigenvalue weighted by atomic mass is 9.95. The van der Waals surface area contributed by atoms with Gasteiger partial charge < -0.3 is 15.0 Å². The van der Waals surface area contributed by atoms with E-state index in [1.807, 2.05) is 34.6 Å². The zero-order chi connectivity index (χ0) is 19.5. The Balaban J connectivity index is 1.91. The first-order valence-electron chi connectivity index (χ1n) is 9.67. The fourth-order valence-corrected chi connectivity index (χ4v) is 3.54. The van der Waals surface area contributed by atoms with Gasteiger partial charge in [0.15, 0.2) is 0 Å². The van der Waals surface area contributed by atoms with Crippen molar-refractivity contribution in [3.05, 3.63) is 0 Å². The topological polar surface area (TPSA) is 79.0 Å². The van der Waals surface area contributed by atoms with Crippen LogP contribution in [0.3, 0.4) is 0 Å². The third kappa shape index (κ3) is 5.35. The minimum Gasteiger partial charge on any atom is -0.444 e. The number of carbonyl (C=O) groups excluding carboxylic acids is 3. The number of nitrogens with one attached hydrogen (secondary N) is 1. The maximum atomic E-state index is 12.9. The Morgan fingerprint density at radius 1 is 1.04 bits per heavy atom. The lowest BCUT2D eigenvalue weighted by Crippen LogP contribution is -2.52. The first-order valence-corrected chi connectivity index (χ1v) is 9.67. The van der Waals surface area contributed by atoms with Crippen molar-refractivity contribution in [3.63, 3.8) is 0 Å². The van der Waals surface area contributed by atoms with Crippen LogP contribution < -0.4 is 5.32 Å². The van der Waals surface area contributed by atoms with Crippen molar-refractivity contribution in [2.24, 2.45) is 5.92 Å². The van der Waals surface area contributed by atoms with E-state index in [0.717, 1.165) is 6.42 Å².